The molecule has 1 aliphatic rings. The van der Waals surface area contributed by atoms with E-state index >= 15 is 0 Å². The highest BCUT2D eigenvalue weighted by Crippen LogP contribution is 2.41. The van der Waals surface area contributed by atoms with Crippen LogP contribution in [0.4, 0.5) is 10.2 Å². The first kappa shape index (κ1) is 17.5. The number of nitrogens with zero attached hydrogens (tertiary/aromatic N) is 3. The molecule has 0 spiro atoms. The summed E-state index contributed by atoms with van der Waals surface area (Å²) in [5.41, 5.74) is 3.55. The Bertz CT molecular complexity index is 1230. The Balaban J connectivity index is 1.67. The van der Waals surface area contributed by atoms with Crippen molar-refractivity contribution in [1.29, 1.82) is 0 Å². The number of amides is 1. The molecule has 0 bridgehead atoms. The number of nitrogens with one attached hydrogen (secondary N) is 1. The summed E-state index contributed by atoms with van der Waals surface area (Å²) in [6, 6.07) is 12.2. The second kappa shape index (κ2) is 6.49. The molecule has 3 heterocycles. The van der Waals surface area contributed by atoms with Crippen LogP contribution in [0, 0.1) is 12.7 Å². The molecule has 1 aliphatic heterocycles. The van der Waals surface area contributed by atoms with E-state index in [-0.39, 0.29) is 17.6 Å². The van der Waals surface area contributed by atoms with E-state index in [0.717, 1.165) is 31.5 Å². The van der Waals surface area contributed by atoms with Crippen molar-refractivity contribution >= 4 is 49.2 Å². The lowest BCUT2D eigenvalue weighted by Gasteiger charge is -2.24. The SMILES string of the molecule is Cc1nn(-c2nc3ccc(Br)cc3s2)c2c1C(c1ccc(F)cc1)CC(=O)N2. The van der Waals surface area contributed by atoms with Crippen LogP contribution in [0.5, 0.6) is 0 Å². The molecule has 28 heavy (non-hydrogen) atoms. The Kier molecular flexibility index (Phi) is 4.06. The van der Waals surface area contributed by atoms with Gasteiger partial charge >= 0.3 is 0 Å². The number of carbonyl (C=O) groups excluding carboxylic acids is 1. The van der Waals surface area contributed by atoms with Crippen molar-refractivity contribution in [2.75, 3.05) is 5.32 Å². The first-order valence-electron chi connectivity index (χ1n) is 8.71. The molecule has 0 saturated carbocycles. The fourth-order valence-electron chi connectivity index (χ4n) is 3.64. The maximum atomic E-state index is 13.4. The maximum Gasteiger partial charge on any atom is 0.226 e. The molecular formula is C20H14BrFN4OS. The number of rotatable bonds is 2. The van der Waals surface area contributed by atoms with E-state index in [0.29, 0.717) is 17.4 Å². The molecule has 2 aromatic heterocycles. The number of hydrogen-bond acceptors (Lipinski definition) is 4. The van der Waals surface area contributed by atoms with Gasteiger partial charge in [-0.3, -0.25) is 4.79 Å². The molecule has 5 nitrogen and oxygen atoms in total. The summed E-state index contributed by atoms with van der Waals surface area (Å²) in [6.07, 6.45) is 0.304. The van der Waals surface area contributed by atoms with Crippen molar-refractivity contribution in [3.05, 3.63) is 69.6 Å². The quantitative estimate of drug-likeness (QED) is 0.452. The van der Waals surface area contributed by atoms with Gasteiger partial charge in [0.15, 0.2) is 0 Å². The summed E-state index contributed by atoms with van der Waals surface area (Å²) < 4.78 is 17.1. The summed E-state index contributed by atoms with van der Waals surface area (Å²) >= 11 is 4.99. The lowest BCUT2D eigenvalue weighted by atomic mass is 9.86. The van der Waals surface area contributed by atoms with Crippen LogP contribution < -0.4 is 5.32 Å². The van der Waals surface area contributed by atoms with Crippen molar-refractivity contribution in [2.45, 2.75) is 19.3 Å². The minimum atomic E-state index is -0.294. The Labute approximate surface area is 172 Å². The average molecular weight is 457 g/mol. The van der Waals surface area contributed by atoms with Crippen molar-refractivity contribution in [3.8, 4) is 5.13 Å². The summed E-state index contributed by atoms with van der Waals surface area (Å²) in [7, 11) is 0. The Morgan fingerprint density at radius 3 is 2.82 bits per heavy atom. The minimum absolute atomic E-state index is 0.0909. The van der Waals surface area contributed by atoms with Crippen molar-refractivity contribution in [3.63, 3.8) is 0 Å². The number of fused-ring (bicyclic) bond motifs is 2. The van der Waals surface area contributed by atoms with Crippen LogP contribution >= 0.6 is 27.3 Å². The number of anilines is 1. The van der Waals surface area contributed by atoms with Gasteiger partial charge in [0.05, 0.1) is 15.9 Å². The topological polar surface area (TPSA) is 59.8 Å². The highest BCUT2D eigenvalue weighted by molar-refractivity contribution is 9.10. The largest absolute Gasteiger partial charge is 0.310 e. The third kappa shape index (κ3) is 2.84. The highest BCUT2D eigenvalue weighted by Gasteiger charge is 2.33. The van der Waals surface area contributed by atoms with Gasteiger partial charge < -0.3 is 5.32 Å². The van der Waals surface area contributed by atoms with Gasteiger partial charge in [0, 0.05) is 22.4 Å². The number of aryl methyl sites for hydroxylation is 1. The lowest BCUT2D eigenvalue weighted by molar-refractivity contribution is -0.116. The van der Waals surface area contributed by atoms with Gasteiger partial charge in [-0.05, 0) is 42.8 Å². The van der Waals surface area contributed by atoms with Gasteiger partial charge in [-0.25, -0.2) is 9.37 Å². The average Bonchev–Trinajstić information content (AvgIpc) is 3.22. The molecule has 5 rings (SSSR count). The fourth-order valence-corrected chi connectivity index (χ4v) is 5.12. The zero-order valence-electron chi connectivity index (χ0n) is 14.7. The Hall–Kier alpha value is -2.58. The van der Waals surface area contributed by atoms with E-state index < -0.39 is 0 Å². The molecule has 1 atom stereocenters. The van der Waals surface area contributed by atoms with Crippen LogP contribution in [-0.4, -0.2) is 20.7 Å². The molecule has 0 aliphatic carbocycles. The van der Waals surface area contributed by atoms with Gasteiger partial charge in [0.1, 0.15) is 11.6 Å². The molecule has 8 heteroatoms. The van der Waals surface area contributed by atoms with E-state index in [2.05, 4.69) is 31.3 Å². The lowest BCUT2D eigenvalue weighted by Crippen LogP contribution is -2.24. The molecule has 0 fully saturated rings. The summed E-state index contributed by atoms with van der Waals surface area (Å²) in [4.78, 5) is 17.1. The van der Waals surface area contributed by atoms with E-state index in [9.17, 15) is 9.18 Å². The monoisotopic (exact) mass is 456 g/mol. The highest BCUT2D eigenvalue weighted by atomic mass is 79.9. The van der Waals surface area contributed by atoms with Gasteiger partial charge in [-0.15, -0.1) is 0 Å². The minimum Gasteiger partial charge on any atom is -0.310 e. The number of carbonyl (C=O) groups is 1. The third-order valence-electron chi connectivity index (χ3n) is 4.90. The van der Waals surface area contributed by atoms with Crippen LogP contribution in [-0.2, 0) is 4.79 Å². The van der Waals surface area contributed by atoms with E-state index in [4.69, 9.17) is 0 Å². The second-order valence-corrected chi connectivity index (χ2v) is 8.65. The molecule has 1 unspecified atom stereocenters. The molecule has 4 aromatic rings. The molecule has 0 radical (unpaired) electrons. The third-order valence-corrected chi connectivity index (χ3v) is 6.38. The number of hydrogen-bond donors (Lipinski definition) is 1. The van der Waals surface area contributed by atoms with Crippen LogP contribution in [0.3, 0.4) is 0 Å². The molecular weight excluding hydrogens is 443 g/mol. The van der Waals surface area contributed by atoms with Crippen molar-refractivity contribution in [2.24, 2.45) is 0 Å². The van der Waals surface area contributed by atoms with Crippen LogP contribution in [0.2, 0.25) is 0 Å². The Morgan fingerprint density at radius 2 is 2.04 bits per heavy atom. The van der Waals surface area contributed by atoms with E-state index in [1.807, 2.05) is 25.1 Å². The molecule has 2 aromatic carbocycles. The molecule has 1 amide bonds. The van der Waals surface area contributed by atoms with Gasteiger partial charge in [0.25, 0.3) is 0 Å². The van der Waals surface area contributed by atoms with Gasteiger partial charge in [-0.2, -0.15) is 9.78 Å². The zero-order valence-corrected chi connectivity index (χ0v) is 17.1. The summed E-state index contributed by atoms with van der Waals surface area (Å²) in [5.74, 6) is 0.0898. The fraction of sp³-hybridized carbons (Fsp3) is 0.150. The number of thiazole rings is 1. The first-order chi connectivity index (χ1) is 13.5. The smallest absolute Gasteiger partial charge is 0.226 e. The van der Waals surface area contributed by atoms with Crippen molar-refractivity contribution in [1.82, 2.24) is 14.8 Å². The zero-order chi connectivity index (χ0) is 19.4. The Morgan fingerprint density at radius 1 is 1.25 bits per heavy atom. The van der Waals surface area contributed by atoms with Crippen LogP contribution in [0.25, 0.3) is 15.3 Å². The second-order valence-electron chi connectivity index (χ2n) is 6.72. The van der Waals surface area contributed by atoms with Crippen LogP contribution in [0.15, 0.2) is 46.9 Å². The standard InChI is InChI=1S/C20H14BrFN4OS/c1-10-18-14(11-2-5-13(22)6-3-11)9-17(27)24-19(18)26(25-10)20-23-15-7-4-12(21)8-16(15)28-20/h2-8,14H,9H2,1H3,(H,24,27). The summed E-state index contributed by atoms with van der Waals surface area (Å²) in [6.45, 7) is 1.92. The number of benzene rings is 2. The molecule has 0 saturated heterocycles. The predicted octanol–water partition coefficient (Wildman–Crippen LogP) is 5.17. The first-order valence-corrected chi connectivity index (χ1v) is 10.3. The van der Waals surface area contributed by atoms with E-state index in [1.54, 1.807) is 16.8 Å². The maximum absolute atomic E-state index is 13.4. The molecule has 140 valence electrons. The van der Waals surface area contributed by atoms with Gasteiger partial charge in [-0.1, -0.05) is 39.4 Å². The summed E-state index contributed by atoms with van der Waals surface area (Å²) in [5, 5.41) is 8.32. The number of aromatic nitrogens is 3. The van der Waals surface area contributed by atoms with Crippen molar-refractivity contribution < 1.29 is 9.18 Å². The van der Waals surface area contributed by atoms with E-state index in [1.165, 1.54) is 23.5 Å². The normalized spacial score (nSPS) is 16.2. The van der Waals surface area contributed by atoms with Gasteiger partial charge in [0.2, 0.25) is 11.0 Å². The number of halogens is 2. The molecule has 1 N–H and O–H groups in total. The predicted molar refractivity (Wildman–Crippen MR) is 111 cm³/mol. The van der Waals surface area contributed by atoms with Crippen LogP contribution in [0.1, 0.15) is 29.2 Å².